The van der Waals surface area contributed by atoms with Crippen molar-refractivity contribution < 1.29 is 0 Å². The molecular formula is C16H12BrClN2S. The van der Waals surface area contributed by atoms with Gasteiger partial charge in [-0.15, -0.1) is 21.8 Å². The first-order valence-electron chi connectivity index (χ1n) is 6.48. The average molecular weight is 380 g/mol. The Labute approximate surface area is 140 Å². The van der Waals surface area contributed by atoms with E-state index in [1.54, 1.807) is 11.3 Å². The lowest BCUT2D eigenvalue weighted by Crippen LogP contribution is -1.91. The Morgan fingerprint density at radius 2 is 1.86 bits per heavy atom. The third kappa shape index (κ3) is 3.70. The van der Waals surface area contributed by atoms with E-state index < -0.39 is 0 Å². The lowest BCUT2D eigenvalue weighted by molar-refractivity contribution is 0.947. The minimum absolute atomic E-state index is 0.236. The molecule has 106 valence electrons. The zero-order chi connectivity index (χ0) is 14.7. The Kier molecular flexibility index (Phi) is 4.68. The molecule has 2 nitrogen and oxygen atoms in total. The van der Waals surface area contributed by atoms with Gasteiger partial charge in [-0.2, -0.15) is 0 Å². The van der Waals surface area contributed by atoms with Crippen LogP contribution in [-0.2, 0) is 6.42 Å². The van der Waals surface area contributed by atoms with Gasteiger partial charge < -0.3 is 0 Å². The third-order valence-corrected chi connectivity index (χ3v) is 5.11. The highest BCUT2D eigenvalue weighted by atomic mass is 79.9. The van der Waals surface area contributed by atoms with E-state index in [0.717, 1.165) is 26.5 Å². The maximum Gasteiger partial charge on any atom is 0.139 e. The summed E-state index contributed by atoms with van der Waals surface area (Å²) >= 11 is 11.5. The van der Waals surface area contributed by atoms with E-state index in [1.165, 1.54) is 5.56 Å². The number of nitrogens with zero attached hydrogens (tertiary/aromatic N) is 2. The molecule has 0 N–H and O–H groups in total. The van der Waals surface area contributed by atoms with E-state index in [-0.39, 0.29) is 5.38 Å². The van der Waals surface area contributed by atoms with Crippen molar-refractivity contribution in [1.29, 1.82) is 0 Å². The molecule has 21 heavy (non-hydrogen) atoms. The molecule has 0 amide bonds. The summed E-state index contributed by atoms with van der Waals surface area (Å²) in [6, 6.07) is 18.2. The van der Waals surface area contributed by atoms with Crippen LogP contribution in [0.5, 0.6) is 0 Å². The number of rotatable bonds is 4. The highest BCUT2D eigenvalue weighted by Crippen LogP contribution is 2.31. The van der Waals surface area contributed by atoms with Crippen molar-refractivity contribution in [3.8, 4) is 0 Å². The van der Waals surface area contributed by atoms with Crippen LogP contribution >= 0.6 is 38.9 Å². The predicted molar refractivity (Wildman–Crippen MR) is 91.0 cm³/mol. The highest BCUT2D eigenvalue weighted by Gasteiger charge is 2.16. The molecular weight excluding hydrogens is 368 g/mol. The first-order chi connectivity index (χ1) is 10.2. The molecule has 0 saturated heterocycles. The third-order valence-electron chi connectivity index (χ3n) is 3.04. The second-order valence-electron chi connectivity index (χ2n) is 4.61. The Morgan fingerprint density at radius 3 is 2.62 bits per heavy atom. The summed E-state index contributed by atoms with van der Waals surface area (Å²) in [6.45, 7) is 0. The lowest BCUT2D eigenvalue weighted by Gasteiger charge is -2.04. The van der Waals surface area contributed by atoms with Crippen molar-refractivity contribution in [2.24, 2.45) is 0 Å². The normalized spacial score (nSPS) is 12.3. The number of hydrogen-bond acceptors (Lipinski definition) is 3. The van der Waals surface area contributed by atoms with Gasteiger partial charge in [0, 0.05) is 10.9 Å². The molecule has 0 saturated carbocycles. The van der Waals surface area contributed by atoms with Crippen LogP contribution in [0.25, 0.3) is 0 Å². The van der Waals surface area contributed by atoms with Crippen LogP contribution in [-0.4, -0.2) is 10.2 Å². The smallest absolute Gasteiger partial charge is 0.139 e. The molecule has 5 heteroatoms. The number of benzene rings is 2. The van der Waals surface area contributed by atoms with Crippen LogP contribution in [0.1, 0.15) is 26.5 Å². The van der Waals surface area contributed by atoms with Crippen molar-refractivity contribution >= 4 is 38.9 Å². The summed E-state index contributed by atoms with van der Waals surface area (Å²) < 4.78 is 1.07. The number of aromatic nitrogens is 2. The first-order valence-corrected chi connectivity index (χ1v) is 8.53. The van der Waals surface area contributed by atoms with E-state index in [0.29, 0.717) is 0 Å². The predicted octanol–water partition coefficient (Wildman–Crippen LogP) is 5.22. The van der Waals surface area contributed by atoms with Crippen LogP contribution in [0.3, 0.4) is 0 Å². The summed E-state index contributed by atoms with van der Waals surface area (Å²) in [5, 5.41) is 10.1. The fourth-order valence-electron chi connectivity index (χ4n) is 2.03. The van der Waals surface area contributed by atoms with Gasteiger partial charge in [0.2, 0.25) is 0 Å². The molecule has 1 atom stereocenters. The molecule has 0 aliphatic carbocycles. The summed E-state index contributed by atoms with van der Waals surface area (Å²) in [5.41, 5.74) is 2.25. The summed E-state index contributed by atoms with van der Waals surface area (Å²) in [7, 11) is 0. The SMILES string of the molecule is ClC(c1ccccc1)c1nnc(Cc2cccc(Br)c2)s1. The van der Waals surface area contributed by atoms with Crippen LogP contribution in [0.2, 0.25) is 0 Å². The quantitative estimate of drug-likeness (QED) is 0.581. The summed E-state index contributed by atoms with van der Waals surface area (Å²) in [4.78, 5) is 0. The van der Waals surface area contributed by atoms with Crippen LogP contribution < -0.4 is 0 Å². The number of halogens is 2. The van der Waals surface area contributed by atoms with E-state index in [9.17, 15) is 0 Å². The van der Waals surface area contributed by atoms with Crippen LogP contribution in [0.4, 0.5) is 0 Å². The average Bonchev–Trinajstić information content (AvgIpc) is 2.96. The Balaban J connectivity index is 1.77. The molecule has 2 aromatic carbocycles. The molecule has 0 aliphatic rings. The van der Waals surface area contributed by atoms with Gasteiger partial charge in [0.05, 0.1) is 0 Å². The second-order valence-corrected chi connectivity index (χ2v) is 7.06. The van der Waals surface area contributed by atoms with Crippen LogP contribution in [0, 0.1) is 0 Å². The standard InChI is InChI=1S/C16H12BrClN2S/c17-13-8-4-5-11(9-13)10-14-19-20-16(21-14)15(18)12-6-2-1-3-7-12/h1-9,15H,10H2. The summed E-state index contributed by atoms with van der Waals surface area (Å²) in [5.74, 6) is 0. The van der Waals surface area contributed by atoms with Gasteiger partial charge in [-0.3, -0.25) is 0 Å². The minimum Gasteiger partial charge on any atom is -0.143 e. The Morgan fingerprint density at radius 1 is 1.05 bits per heavy atom. The molecule has 0 fully saturated rings. The number of hydrogen-bond donors (Lipinski definition) is 0. The van der Waals surface area contributed by atoms with Crippen molar-refractivity contribution in [1.82, 2.24) is 10.2 Å². The molecule has 3 rings (SSSR count). The van der Waals surface area contributed by atoms with Crippen molar-refractivity contribution in [3.63, 3.8) is 0 Å². The van der Waals surface area contributed by atoms with Crippen molar-refractivity contribution in [3.05, 3.63) is 80.2 Å². The largest absolute Gasteiger partial charge is 0.143 e. The molecule has 1 heterocycles. The minimum atomic E-state index is -0.236. The van der Waals surface area contributed by atoms with E-state index in [1.807, 2.05) is 42.5 Å². The maximum atomic E-state index is 6.47. The van der Waals surface area contributed by atoms with Gasteiger partial charge in [-0.05, 0) is 23.3 Å². The zero-order valence-electron chi connectivity index (χ0n) is 11.0. The zero-order valence-corrected chi connectivity index (χ0v) is 14.2. The highest BCUT2D eigenvalue weighted by molar-refractivity contribution is 9.10. The first kappa shape index (κ1) is 14.7. The lowest BCUT2D eigenvalue weighted by atomic mass is 10.1. The van der Waals surface area contributed by atoms with Crippen molar-refractivity contribution in [2.75, 3.05) is 0 Å². The molecule has 0 radical (unpaired) electrons. The number of alkyl halides is 1. The fourth-order valence-corrected chi connectivity index (χ4v) is 3.68. The second kappa shape index (κ2) is 6.69. The molecule has 3 aromatic rings. The van der Waals surface area contributed by atoms with E-state index in [2.05, 4.69) is 38.3 Å². The maximum absolute atomic E-state index is 6.47. The van der Waals surface area contributed by atoms with E-state index >= 15 is 0 Å². The molecule has 1 unspecified atom stereocenters. The monoisotopic (exact) mass is 378 g/mol. The summed E-state index contributed by atoms with van der Waals surface area (Å²) in [6.07, 6.45) is 0.773. The van der Waals surface area contributed by atoms with Crippen LogP contribution in [0.15, 0.2) is 59.1 Å². The topological polar surface area (TPSA) is 25.8 Å². The fraction of sp³-hybridized carbons (Fsp3) is 0.125. The van der Waals surface area contributed by atoms with Gasteiger partial charge in [-0.1, -0.05) is 69.7 Å². The van der Waals surface area contributed by atoms with Gasteiger partial charge in [0.1, 0.15) is 15.4 Å². The van der Waals surface area contributed by atoms with Gasteiger partial charge in [0.15, 0.2) is 0 Å². The molecule has 0 bridgehead atoms. The molecule has 1 aromatic heterocycles. The molecule has 0 aliphatic heterocycles. The van der Waals surface area contributed by atoms with Gasteiger partial charge >= 0.3 is 0 Å². The van der Waals surface area contributed by atoms with Gasteiger partial charge in [-0.25, -0.2) is 0 Å². The van der Waals surface area contributed by atoms with Crippen molar-refractivity contribution in [2.45, 2.75) is 11.8 Å². The van der Waals surface area contributed by atoms with Gasteiger partial charge in [0.25, 0.3) is 0 Å². The molecule has 0 spiro atoms. The Hall–Kier alpha value is -1.23. The van der Waals surface area contributed by atoms with E-state index in [4.69, 9.17) is 11.6 Å². The Bertz CT molecular complexity index is 730.